The molecular formula is C12H19N3O3S. The highest BCUT2D eigenvalue weighted by atomic mass is 32.2. The molecule has 0 amide bonds. The largest absolute Gasteiger partial charge is 0.311 e. The highest BCUT2D eigenvalue weighted by molar-refractivity contribution is 7.91. The molecule has 1 atom stereocenters. The summed E-state index contributed by atoms with van der Waals surface area (Å²) in [6.45, 7) is 3.46. The second-order valence-electron chi connectivity index (χ2n) is 4.90. The van der Waals surface area contributed by atoms with Gasteiger partial charge < -0.3 is 10.3 Å². The van der Waals surface area contributed by atoms with Crippen LogP contribution >= 0.6 is 0 Å². The van der Waals surface area contributed by atoms with Crippen LogP contribution in [0.1, 0.15) is 37.2 Å². The maximum Gasteiger partial charge on any atom is 0.251 e. The number of hydrogen-bond donors (Lipinski definition) is 2. The summed E-state index contributed by atoms with van der Waals surface area (Å²) in [5.74, 6) is 0.590. The van der Waals surface area contributed by atoms with Crippen molar-refractivity contribution in [1.29, 1.82) is 0 Å². The highest BCUT2D eigenvalue weighted by Gasteiger charge is 2.30. The summed E-state index contributed by atoms with van der Waals surface area (Å²) in [6, 6.07) is 1.45. The number of aromatic amines is 1. The van der Waals surface area contributed by atoms with Crippen LogP contribution in [-0.4, -0.2) is 36.4 Å². The van der Waals surface area contributed by atoms with Crippen molar-refractivity contribution in [1.82, 2.24) is 15.3 Å². The molecule has 1 aliphatic rings. The Hall–Kier alpha value is -1.21. The average molecular weight is 285 g/mol. The van der Waals surface area contributed by atoms with E-state index in [1.165, 1.54) is 6.07 Å². The molecule has 1 fully saturated rings. The Kier molecular flexibility index (Phi) is 4.36. The quantitative estimate of drug-likeness (QED) is 0.753. The topological polar surface area (TPSA) is 91.9 Å². The molecule has 0 spiro atoms. The van der Waals surface area contributed by atoms with Crippen molar-refractivity contribution in [3.05, 3.63) is 27.9 Å². The van der Waals surface area contributed by atoms with Crippen LogP contribution in [0.3, 0.4) is 0 Å². The molecule has 1 aromatic heterocycles. The molecule has 0 saturated carbocycles. The first-order chi connectivity index (χ1) is 9.00. The minimum absolute atomic E-state index is 0.0851. The standard InChI is InChI=1S/C12H19N3O3S/c1-2-4-13-7-10-6-11(16)15-12(14-10)9-3-5-19(17,18)8-9/h6,9,13H,2-5,7-8H2,1H3,(H,14,15,16). The number of nitrogens with zero attached hydrogens (tertiary/aromatic N) is 1. The van der Waals surface area contributed by atoms with Gasteiger partial charge in [0.15, 0.2) is 9.84 Å². The molecule has 6 nitrogen and oxygen atoms in total. The first kappa shape index (κ1) is 14.2. The Morgan fingerprint density at radius 3 is 2.95 bits per heavy atom. The summed E-state index contributed by atoms with van der Waals surface area (Å²) in [5.41, 5.74) is 0.444. The smallest absolute Gasteiger partial charge is 0.251 e. The van der Waals surface area contributed by atoms with Crippen LogP contribution in [0.2, 0.25) is 0 Å². The van der Waals surface area contributed by atoms with Crippen LogP contribution in [-0.2, 0) is 16.4 Å². The number of rotatable bonds is 5. The van der Waals surface area contributed by atoms with Crippen molar-refractivity contribution in [2.45, 2.75) is 32.2 Å². The van der Waals surface area contributed by atoms with E-state index in [9.17, 15) is 13.2 Å². The van der Waals surface area contributed by atoms with Crippen LogP contribution in [0, 0.1) is 0 Å². The van der Waals surface area contributed by atoms with Gasteiger partial charge in [-0.15, -0.1) is 0 Å². The molecule has 0 bridgehead atoms. The third-order valence-electron chi connectivity index (χ3n) is 3.17. The lowest BCUT2D eigenvalue weighted by molar-refractivity contribution is 0.600. The molecule has 0 aromatic carbocycles. The van der Waals surface area contributed by atoms with Gasteiger partial charge in [-0.1, -0.05) is 6.92 Å². The van der Waals surface area contributed by atoms with E-state index in [1.54, 1.807) is 0 Å². The molecule has 2 rings (SSSR count). The van der Waals surface area contributed by atoms with Crippen molar-refractivity contribution in [2.24, 2.45) is 0 Å². The molecule has 19 heavy (non-hydrogen) atoms. The van der Waals surface area contributed by atoms with Gasteiger partial charge in [0.2, 0.25) is 0 Å². The lowest BCUT2D eigenvalue weighted by atomic mass is 10.1. The average Bonchev–Trinajstić information content (AvgIpc) is 2.69. The van der Waals surface area contributed by atoms with Gasteiger partial charge in [-0.25, -0.2) is 13.4 Å². The van der Waals surface area contributed by atoms with E-state index in [-0.39, 0.29) is 23.0 Å². The Balaban J connectivity index is 2.15. The van der Waals surface area contributed by atoms with Gasteiger partial charge in [0.1, 0.15) is 5.82 Å². The predicted octanol–water partition coefficient (Wildman–Crippen LogP) is 0.172. The SMILES string of the molecule is CCCNCc1cc(=O)[nH]c(C2CCS(=O)(=O)C2)n1. The second-order valence-corrected chi connectivity index (χ2v) is 7.13. The number of aromatic nitrogens is 2. The molecule has 2 heterocycles. The van der Waals surface area contributed by atoms with E-state index >= 15 is 0 Å². The van der Waals surface area contributed by atoms with E-state index in [0.29, 0.717) is 24.5 Å². The molecule has 1 aromatic rings. The van der Waals surface area contributed by atoms with Gasteiger partial charge >= 0.3 is 0 Å². The summed E-state index contributed by atoms with van der Waals surface area (Å²) in [5, 5.41) is 3.18. The Morgan fingerprint density at radius 1 is 1.53 bits per heavy atom. The molecule has 1 aliphatic heterocycles. The Bertz CT molecular complexity index is 594. The monoisotopic (exact) mass is 285 g/mol. The Labute approximate surface area is 112 Å². The zero-order valence-electron chi connectivity index (χ0n) is 11.0. The fourth-order valence-corrected chi connectivity index (χ4v) is 3.96. The minimum atomic E-state index is -2.97. The summed E-state index contributed by atoms with van der Waals surface area (Å²) in [7, 11) is -2.97. The third-order valence-corrected chi connectivity index (χ3v) is 4.93. The molecule has 2 N–H and O–H groups in total. The molecule has 7 heteroatoms. The van der Waals surface area contributed by atoms with Crippen LogP contribution in [0.15, 0.2) is 10.9 Å². The molecule has 1 unspecified atom stereocenters. The van der Waals surface area contributed by atoms with Crippen LogP contribution in [0.5, 0.6) is 0 Å². The van der Waals surface area contributed by atoms with Gasteiger partial charge in [-0.05, 0) is 19.4 Å². The van der Waals surface area contributed by atoms with Crippen LogP contribution < -0.4 is 10.9 Å². The van der Waals surface area contributed by atoms with Crippen molar-refractivity contribution < 1.29 is 8.42 Å². The lowest BCUT2D eigenvalue weighted by Gasteiger charge is -2.09. The molecule has 106 valence electrons. The third kappa shape index (κ3) is 3.87. The van der Waals surface area contributed by atoms with Crippen molar-refractivity contribution in [3.63, 3.8) is 0 Å². The molecule has 0 radical (unpaired) electrons. The van der Waals surface area contributed by atoms with Crippen LogP contribution in [0.4, 0.5) is 0 Å². The van der Waals surface area contributed by atoms with E-state index in [4.69, 9.17) is 0 Å². The minimum Gasteiger partial charge on any atom is -0.311 e. The second kappa shape index (κ2) is 5.83. The fraction of sp³-hybridized carbons (Fsp3) is 0.667. The fourth-order valence-electron chi connectivity index (χ4n) is 2.22. The first-order valence-corrected chi connectivity index (χ1v) is 8.33. The van der Waals surface area contributed by atoms with Gasteiger partial charge in [-0.3, -0.25) is 4.79 Å². The summed E-state index contributed by atoms with van der Waals surface area (Å²) in [4.78, 5) is 18.6. The number of H-pyrrole nitrogens is 1. The van der Waals surface area contributed by atoms with Gasteiger partial charge in [0.25, 0.3) is 5.56 Å². The normalized spacial score (nSPS) is 21.6. The number of nitrogens with one attached hydrogen (secondary N) is 2. The molecular weight excluding hydrogens is 266 g/mol. The summed E-state index contributed by atoms with van der Waals surface area (Å²) < 4.78 is 22.9. The van der Waals surface area contributed by atoms with Crippen molar-refractivity contribution in [2.75, 3.05) is 18.1 Å². The summed E-state index contributed by atoms with van der Waals surface area (Å²) >= 11 is 0. The molecule has 0 aliphatic carbocycles. The zero-order valence-corrected chi connectivity index (χ0v) is 11.8. The molecule has 1 saturated heterocycles. The Morgan fingerprint density at radius 2 is 2.32 bits per heavy atom. The van der Waals surface area contributed by atoms with Gasteiger partial charge in [0.05, 0.1) is 17.2 Å². The van der Waals surface area contributed by atoms with Crippen molar-refractivity contribution in [3.8, 4) is 0 Å². The first-order valence-electron chi connectivity index (χ1n) is 6.51. The van der Waals surface area contributed by atoms with E-state index in [2.05, 4.69) is 22.2 Å². The number of hydrogen-bond acceptors (Lipinski definition) is 5. The van der Waals surface area contributed by atoms with Crippen LogP contribution in [0.25, 0.3) is 0 Å². The maximum absolute atomic E-state index is 11.6. The zero-order chi connectivity index (χ0) is 13.9. The summed E-state index contributed by atoms with van der Waals surface area (Å²) in [6.07, 6.45) is 1.55. The number of sulfone groups is 1. The van der Waals surface area contributed by atoms with Gasteiger partial charge in [-0.2, -0.15) is 0 Å². The van der Waals surface area contributed by atoms with E-state index in [1.807, 2.05) is 0 Å². The van der Waals surface area contributed by atoms with E-state index in [0.717, 1.165) is 13.0 Å². The van der Waals surface area contributed by atoms with Crippen molar-refractivity contribution >= 4 is 9.84 Å². The highest BCUT2D eigenvalue weighted by Crippen LogP contribution is 2.25. The maximum atomic E-state index is 11.6. The lowest BCUT2D eigenvalue weighted by Crippen LogP contribution is -2.21. The predicted molar refractivity (Wildman–Crippen MR) is 72.9 cm³/mol. The van der Waals surface area contributed by atoms with Gasteiger partial charge in [0, 0.05) is 18.5 Å². The van der Waals surface area contributed by atoms with E-state index < -0.39 is 9.84 Å².